The SMILES string of the molecule is COc1cnccc1C(=O)c1ccccc1C1CCC1. The Bertz CT molecular complexity index is 632. The van der Waals surface area contributed by atoms with E-state index in [2.05, 4.69) is 11.1 Å². The molecule has 0 unspecified atom stereocenters. The van der Waals surface area contributed by atoms with Crippen molar-refractivity contribution in [2.24, 2.45) is 0 Å². The molecule has 0 N–H and O–H groups in total. The van der Waals surface area contributed by atoms with Gasteiger partial charge in [0.2, 0.25) is 0 Å². The second kappa shape index (κ2) is 5.45. The smallest absolute Gasteiger partial charge is 0.197 e. The number of hydrogen-bond donors (Lipinski definition) is 0. The number of rotatable bonds is 4. The topological polar surface area (TPSA) is 39.2 Å². The second-order valence-corrected chi connectivity index (χ2v) is 5.12. The molecule has 3 rings (SSSR count). The molecular weight excluding hydrogens is 250 g/mol. The van der Waals surface area contributed by atoms with E-state index in [1.807, 2.05) is 18.2 Å². The number of ketones is 1. The van der Waals surface area contributed by atoms with Gasteiger partial charge in [-0.05, 0) is 30.4 Å². The first-order chi connectivity index (χ1) is 9.81. The third-order valence-electron chi connectivity index (χ3n) is 4.00. The number of ether oxygens (including phenoxy) is 1. The lowest BCUT2D eigenvalue weighted by molar-refractivity contribution is 0.103. The molecule has 0 spiro atoms. The summed E-state index contributed by atoms with van der Waals surface area (Å²) in [5, 5.41) is 0. The second-order valence-electron chi connectivity index (χ2n) is 5.12. The average Bonchev–Trinajstić information content (AvgIpc) is 2.45. The fraction of sp³-hybridized carbons (Fsp3) is 0.294. The van der Waals surface area contributed by atoms with Crippen molar-refractivity contribution in [2.75, 3.05) is 7.11 Å². The van der Waals surface area contributed by atoms with E-state index >= 15 is 0 Å². The summed E-state index contributed by atoms with van der Waals surface area (Å²) in [7, 11) is 1.56. The van der Waals surface area contributed by atoms with Gasteiger partial charge in [0.05, 0.1) is 18.9 Å². The lowest BCUT2D eigenvalue weighted by Gasteiger charge is -2.27. The third kappa shape index (κ3) is 2.20. The Morgan fingerprint density at radius 1 is 1.20 bits per heavy atom. The van der Waals surface area contributed by atoms with E-state index in [-0.39, 0.29) is 5.78 Å². The number of hydrogen-bond acceptors (Lipinski definition) is 3. The predicted molar refractivity (Wildman–Crippen MR) is 77.3 cm³/mol. The summed E-state index contributed by atoms with van der Waals surface area (Å²) in [4.78, 5) is 16.8. The summed E-state index contributed by atoms with van der Waals surface area (Å²) in [6.07, 6.45) is 6.82. The highest BCUT2D eigenvalue weighted by Gasteiger charge is 2.25. The number of aromatic nitrogens is 1. The van der Waals surface area contributed by atoms with E-state index in [1.165, 1.54) is 24.8 Å². The first-order valence-electron chi connectivity index (χ1n) is 6.93. The van der Waals surface area contributed by atoms with E-state index < -0.39 is 0 Å². The van der Waals surface area contributed by atoms with Crippen LogP contribution in [0.25, 0.3) is 0 Å². The summed E-state index contributed by atoms with van der Waals surface area (Å²) in [5.74, 6) is 1.08. The number of methoxy groups -OCH3 is 1. The number of carbonyl (C=O) groups is 1. The monoisotopic (exact) mass is 267 g/mol. The van der Waals surface area contributed by atoms with Gasteiger partial charge in [0.25, 0.3) is 0 Å². The van der Waals surface area contributed by atoms with Crippen LogP contribution in [-0.4, -0.2) is 17.9 Å². The van der Waals surface area contributed by atoms with Gasteiger partial charge in [0.1, 0.15) is 5.75 Å². The number of benzene rings is 1. The van der Waals surface area contributed by atoms with Gasteiger partial charge >= 0.3 is 0 Å². The Kier molecular flexibility index (Phi) is 3.50. The van der Waals surface area contributed by atoms with Crippen molar-refractivity contribution < 1.29 is 9.53 Å². The van der Waals surface area contributed by atoms with E-state index in [1.54, 1.807) is 25.6 Å². The van der Waals surface area contributed by atoms with Gasteiger partial charge in [-0.25, -0.2) is 0 Å². The number of pyridine rings is 1. The molecule has 1 aliphatic rings. The zero-order valence-corrected chi connectivity index (χ0v) is 11.5. The predicted octanol–water partition coefficient (Wildman–Crippen LogP) is 3.59. The first-order valence-corrected chi connectivity index (χ1v) is 6.93. The summed E-state index contributed by atoms with van der Waals surface area (Å²) >= 11 is 0. The molecule has 1 aromatic heterocycles. The van der Waals surface area contributed by atoms with Crippen molar-refractivity contribution in [3.8, 4) is 5.75 Å². The molecule has 20 heavy (non-hydrogen) atoms. The zero-order valence-electron chi connectivity index (χ0n) is 11.5. The molecule has 1 heterocycles. The lowest BCUT2D eigenvalue weighted by Crippen LogP contribution is -2.14. The molecule has 1 aliphatic carbocycles. The molecule has 1 fully saturated rings. The summed E-state index contributed by atoms with van der Waals surface area (Å²) in [6.45, 7) is 0. The maximum atomic E-state index is 12.8. The van der Waals surface area contributed by atoms with Crippen LogP contribution in [0.1, 0.15) is 46.7 Å². The van der Waals surface area contributed by atoms with Crippen molar-refractivity contribution in [1.82, 2.24) is 4.98 Å². The van der Waals surface area contributed by atoms with E-state index in [0.717, 1.165) is 5.56 Å². The van der Waals surface area contributed by atoms with Crippen molar-refractivity contribution in [3.63, 3.8) is 0 Å². The van der Waals surface area contributed by atoms with Crippen LogP contribution in [0.5, 0.6) is 5.75 Å². The highest BCUT2D eigenvalue weighted by molar-refractivity contribution is 6.11. The quantitative estimate of drug-likeness (QED) is 0.795. The molecule has 0 bridgehead atoms. The van der Waals surface area contributed by atoms with Crippen LogP contribution in [-0.2, 0) is 0 Å². The molecule has 3 nitrogen and oxygen atoms in total. The van der Waals surface area contributed by atoms with Crippen LogP contribution in [0, 0.1) is 0 Å². The van der Waals surface area contributed by atoms with Gasteiger partial charge in [0.15, 0.2) is 5.78 Å². The number of nitrogens with zero attached hydrogens (tertiary/aromatic N) is 1. The van der Waals surface area contributed by atoms with Gasteiger partial charge in [-0.3, -0.25) is 9.78 Å². The summed E-state index contributed by atoms with van der Waals surface area (Å²) in [5.41, 5.74) is 2.54. The Hall–Kier alpha value is -2.16. The van der Waals surface area contributed by atoms with E-state index in [0.29, 0.717) is 17.2 Å². The molecule has 2 aromatic rings. The average molecular weight is 267 g/mol. The van der Waals surface area contributed by atoms with Gasteiger partial charge in [0, 0.05) is 11.8 Å². The van der Waals surface area contributed by atoms with E-state index in [9.17, 15) is 4.79 Å². The molecule has 3 heteroatoms. The molecule has 1 aromatic carbocycles. The van der Waals surface area contributed by atoms with Crippen LogP contribution in [0.15, 0.2) is 42.7 Å². The lowest BCUT2D eigenvalue weighted by atomic mass is 9.77. The molecule has 1 saturated carbocycles. The molecule has 0 atom stereocenters. The minimum atomic E-state index is 0.0201. The van der Waals surface area contributed by atoms with Crippen molar-refractivity contribution >= 4 is 5.78 Å². The largest absolute Gasteiger partial charge is 0.494 e. The number of carbonyl (C=O) groups excluding carboxylic acids is 1. The van der Waals surface area contributed by atoms with Crippen molar-refractivity contribution in [2.45, 2.75) is 25.2 Å². The van der Waals surface area contributed by atoms with Crippen molar-refractivity contribution in [3.05, 3.63) is 59.4 Å². The first kappa shape index (κ1) is 12.9. The fourth-order valence-corrected chi connectivity index (χ4v) is 2.65. The van der Waals surface area contributed by atoms with Crippen LogP contribution in [0.2, 0.25) is 0 Å². The molecule has 0 radical (unpaired) electrons. The highest BCUT2D eigenvalue weighted by atomic mass is 16.5. The molecule has 0 saturated heterocycles. The maximum absolute atomic E-state index is 12.8. The summed E-state index contributed by atoms with van der Waals surface area (Å²) < 4.78 is 5.25. The maximum Gasteiger partial charge on any atom is 0.197 e. The molecule has 0 aliphatic heterocycles. The van der Waals surface area contributed by atoms with Crippen LogP contribution < -0.4 is 4.74 Å². The van der Waals surface area contributed by atoms with Crippen LogP contribution in [0.3, 0.4) is 0 Å². The van der Waals surface area contributed by atoms with Gasteiger partial charge in [-0.15, -0.1) is 0 Å². The molecule has 102 valence electrons. The van der Waals surface area contributed by atoms with Gasteiger partial charge < -0.3 is 4.74 Å². The van der Waals surface area contributed by atoms with E-state index in [4.69, 9.17) is 4.74 Å². The Morgan fingerprint density at radius 3 is 2.70 bits per heavy atom. The normalized spacial score (nSPS) is 14.7. The minimum absolute atomic E-state index is 0.0201. The Labute approximate surface area is 118 Å². The van der Waals surface area contributed by atoms with Crippen LogP contribution >= 0.6 is 0 Å². The fourth-order valence-electron chi connectivity index (χ4n) is 2.65. The van der Waals surface area contributed by atoms with Gasteiger partial charge in [-0.2, -0.15) is 0 Å². The standard InChI is InChI=1S/C17H17NO2/c1-20-16-11-18-10-9-15(16)17(19)14-8-3-2-7-13(14)12-5-4-6-12/h2-3,7-12H,4-6H2,1H3. The zero-order chi connectivity index (χ0) is 13.9. The molecule has 0 amide bonds. The van der Waals surface area contributed by atoms with Gasteiger partial charge in [-0.1, -0.05) is 30.7 Å². The molecular formula is C17H17NO2. The van der Waals surface area contributed by atoms with Crippen molar-refractivity contribution in [1.29, 1.82) is 0 Å². The van der Waals surface area contributed by atoms with Crippen LogP contribution in [0.4, 0.5) is 0 Å². The Balaban J connectivity index is 2.02. The Morgan fingerprint density at radius 2 is 2.00 bits per heavy atom. The third-order valence-corrected chi connectivity index (χ3v) is 4.00. The summed E-state index contributed by atoms with van der Waals surface area (Å²) in [6, 6.07) is 9.64. The minimum Gasteiger partial charge on any atom is -0.494 e. The highest BCUT2D eigenvalue weighted by Crippen LogP contribution is 2.38.